The normalized spacial score (nSPS) is 25.0. The van der Waals surface area contributed by atoms with Gasteiger partial charge in [0.1, 0.15) is 6.04 Å². The summed E-state index contributed by atoms with van der Waals surface area (Å²) in [5.74, 6) is 0.691. The first-order valence-electron chi connectivity index (χ1n) is 8.55. The molecule has 1 aromatic carbocycles. The maximum absolute atomic E-state index is 10.0. The van der Waals surface area contributed by atoms with Gasteiger partial charge in [-0.25, -0.2) is 0 Å². The lowest BCUT2D eigenvalue weighted by atomic mass is 9.96. The third kappa shape index (κ3) is 2.95. The molecule has 2 aliphatic heterocycles. The van der Waals surface area contributed by atoms with Crippen LogP contribution >= 0.6 is 11.8 Å². The number of thioether (sulfide) groups is 1. The van der Waals surface area contributed by atoms with E-state index in [1.54, 1.807) is 6.07 Å². The van der Waals surface area contributed by atoms with E-state index in [-0.39, 0.29) is 17.8 Å². The van der Waals surface area contributed by atoms with E-state index in [2.05, 4.69) is 16.8 Å². The van der Waals surface area contributed by atoms with Crippen LogP contribution in [0.5, 0.6) is 11.5 Å². The second-order valence-corrected chi connectivity index (χ2v) is 7.70. The van der Waals surface area contributed by atoms with Crippen molar-refractivity contribution in [3.63, 3.8) is 0 Å². The van der Waals surface area contributed by atoms with Gasteiger partial charge in [0.15, 0.2) is 16.7 Å². The van der Waals surface area contributed by atoms with Gasteiger partial charge in [-0.1, -0.05) is 30.8 Å². The fraction of sp³-hybridized carbons (Fsp3) is 0.368. The molecule has 0 unspecified atom stereocenters. The number of amidine groups is 1. The highest BCUT2D eigenvalue weighted by atomic mass is 32.2. The summed E-state index contributed by atoms with van der Waals surface area (Å²) < 4.78 is 5.58. The van der Waals surface area contributed by atoms with Crippen molar-refractivity contribution in [3.8, 4) is 11.5 Å². The Labute approximate surface area is 151 Å². The summed E-state index contributed by atoms with van der Waals surface area (Å²) in [5.41, 5.74) is 2.05. The summed E-state index contributed by atoms with van der Waals surface area (Å²) in [7, 11) is 0. The number of nitrogens with zero attached hydrogens (tertiary/aromatic N) is 3. The van der Waals surface area contributed by atoms with Crippen molar-refractivity contribution in [1.29, 1.82) is 0 Å². The van der Waals surface area contributed by atoms with Crippen LogP contribution < -0.4 is 4.74 Å². The van der Waals surface area contributed by atoms with E-state index < -0.39 is 0 Å². The quantitative estimate of drug-likeness (QED) is 0.905. The molecule has 1 N–H and O–H groups in total. The number of fused-ring (bicyclic) bond motifs is 1. The van der Waals surface area contributed by atoms with E-state index in [4.69, 9.17) is 9.73 Å². The molecule has 0 aliphatic carbocycles. The van der Waals surface area contributed by atoms with Gasteiger partial charge in [0.05, 0.1) is 18.3 Å². The van der Waals surface area contributed by atoms with Crippen LogP contribution in [0.3, 0.4) is 0 Å². The predicted octanol–water partition coefficient (Wildman–Crippen LogP) is 3.78. The number of aliphatic imine (C=N–C) groups is 1. The van der Waals surface area contributed by atoms with E-state index in [0.717, 1.165) is 23.0 Å². The van der Waals surface area contributed by atoms with Gasteiger partial charge in [-0.05, 0) is 36.8 Å². The summed E-state index contributed by atoms with van der Waals surface area (Å²) in [4.78, 5) is 11.9. The lowest BCUT2D eigenvalue weighted by Gasteiger charge is -2.27. The molecule has 2 aliphatic rings. The second-order valence-electron chi connectivity index (χ2n) is 6.30. The van der Waals surface area contributed by atoms with E-state index in [1.807, 2.05) is 55.2 Å². The zero-order chi connectivity index (χ0) is 17.4. The van der Waals surface area contributed by atoms with Crippen molar-refractivity contribution in [2.75, 3.05) is 13.2 Å². The molecular weight excluding hydrogens is 334 g/mol. The zero-order valence-electron chi connectivity index (χ0n) is 14.3. The van der Waals surface area contributed by atoms with Crippen molar-refractivity contribution in [3.05, 3.63) is 53.9 Å². The molecule has 3 heterocycles. The molecule has 4 rings (SSSR count). The number of aromatic nitrogens is 1. The molecule has 0 radical (unpaired) electrons. The van der Waals surface area contributed by atoms with Crippen molar-refractivity contribution < 1.29 is 9.84 Å². The van der Waals surface area contributed by atoms with Gasteiger partial charge in [0.25, 0.3) is 0 Å². The van der Waals surface area contributed by atoms with Gasteiger partial charge in [-0.15, -0.1) is 0 Å². The number of rotatable bonds is 4. The van der Waals surface area contributed by atoms with Crippen molar-refractivity contribution >= 4 is 16.9 Å². The first-order valence-corrected chi connectivity index (χ1v) is 9.43. The molecule has 130 valence electrons. The minimum absolute atomic E-state index is 0.0461. The first kappa shape index (κ1) is 16.3. The SMILES string of the molecule is CCOc1cc([C@@H]2[C@H](c3ccccn3)N=C3S[C@@H](C)CN32)ccc1O. The average Bonchev–Trinajstić information content (AvgIpc) is 3.14. The number of phenols is 1. The van der Waals surface area contributed by atoms with Crippen molar-refractivity contribution in [1.82, 2.24) is 9.88 Å². The van der Waals surface area contributed by atoms with E-state index in [9.17, 15) is 5.11 Å². The van der Waals surface area contributed by atoms with E-state index in [1.165, 1.54) is 0 Å². The van der Waals surface area contributed by atoms with Gasteiger partial charge < -0.3 is 14.7 Å². The zero-order valence-corrected chi connectivity index (χ0v) is 15.1. The van der Waals surface area contributed by atoms with Crippen molar-refractivity contribution in [2.24, 2.45) is 4.99 Å². The van der Waals surface area contributed by atoms with E-state index in [0.29, 0.717) is 17.6 Å². The number of phenolic OH excluding ortho intramolecular Hbond substituents is 1. The third-order valence-corrected chi connectivity index (χ3v) is 5.61. The Morgan fingerprint density at radius 1 is 1.32 bits per heavy atom. The summed E-state index contributed by atoms with van der Waals surface area (Å²) >= 11 is 1.82. The molecule has 1 aromatic heterocycles. The first-order chi connectivity index (χ1) is 12.2. The highest BCUT2D eigenvalue weighted by molar-refractivity contribution is 8.14. The highest BCUT2D eigenvalue weighted by Gasteiger charge is 2.43. The fourth-order valence-electron chi connectivity index (χ4n) is 3.46. The molecule has 1 fully saturated rings. The largest absolute Gasteiger partial charge is 0.504 e. The van der Waals surface area contributed by atoms with Gasteiger partial charge in [0, 0.05) is 18.0 Å². The monoisotopic (exact) mass is 355 g/mol. The Kier molecular flexibility index (Phi) is 4.29. The average molecular weight is 355 g/mol. The molecule has 3 atom stereocenters. The Morgan fingerprint density at radius 2 is 2.20 bits per heavy atom. The molecule has 0 saturated carbocycles. The summed E-state index contributed by atoms with van der Waals surface area (Å²) in [5, 5.41) is 11.6. The number of aromatic hydroxyl groups is 1. The summed E-state index contributed by atoms with van der Waals surface area (Å²) in [6.07, 6.45) is 1.81. The van der Waals surface area contributed by atoms with Crippen molar-refractivity contribution in [2.45, 2.75) is 31.2 Å². The molecule has 2 aromatic rings. The van der Waals surface area contributed by atoms with Crippen LogP contribution in [0, 0.1) is 0 Å². The predicted molar refractivity (Wildman–Crippen MR) is 100 cm³/mol. The van der Waals surface area contributed by atoms with Gasteiger partial charge in [-0.2, -0.15) is 0 Å². The summed E-state index contributed by atoms with van der Waals surface area (Å²) in [6, 6.07) is 11.6. The van der Waals surface area contributed by atoms with Gasteiger partial charge in [-0.3, -0.25) is 9.98 Å². The molecule has 0 spiro atoms. The number of ether oxygens (including phenoxy) is 1. The Bertz CT molecular complexity index is 797. The third-order valence-electron chi connectivity index (χ3n) is 4.51. The topological polar surface area (TPSA) is 58.0 Å². The smallest absolute Gasteiger partial charge is 0.161 e. The molecule has 5 nitrogen and oxygen atoms in total. The Hall–Kier alpha value is -2.21. The lowest BCUT2D eigenvalue weighted by Crippen LogP contribution is -2.28. The maximum atomic E-state index is 10.0. The van der Waals surface area contributed by atoms with Crippen LogP contribution in [0.15, 0.2) is 47.6 Å². The molecule has 25 heavy (non-hydrogen) atoms. The molecule has 0 bridgehead atoms. The van der Waals surface area contributed by atoms with Crippen LogP contribution in [0.1, 0.15) is 37.2 Å². The molecule has 6 heteroatoms. The standard InChI is InChI=1S/C19H21N3O2S/c1-3-24-16-10-13(7-8-15(16)23)18-17(14-6-4-5-9-20-14)21-19-22(18)11-12(2)25-19/h4-10,12,17-18,23H,3,11H2,1-2H3/t12-,17-,18+/m0/s1. The van der Waals surface area contributed by atoms with Gasteiger partial charge >= 0.3 is 0 Å². The van der Waals surface area contributed by atoms with Crippen LogP contribution in [-0.4, -0.2) is 38.6 Å². The second kappa shape index (κ2) is 6.59. The van der Waals surface area contributed by atoms with E-state index >= 15 is 0 Å². The number of hydrogen-bond donors (Lipinski definition) is 1. The molecular formula is C19H21N3O2S. The fourth-order valence-corrected chi connectivity index (χ4v) is 4.56. The van der Waals surface area contributed by atoms with Crippen LogP contribution in [0.2, 0.25) is 0 Å². The van der Waals surface area contributed by atoms with Crippen LogP contribution in [0.4, 0.5) is 0 Å². The minimum atomic E-state index is -0.0461. The highest BCUT2D eigenvalue weighted by Crippen LogP contribution is 2.48. The minimum Gasteiger partial charge on any atom is -0.504 e. The van der Waals surface area contributed by atoms with Crippen LogP contribution in [-0.2, 0) is 0 Å². The summed E-state index contributed by atoms with van der Waals surface area (Å²) in [6.45, 7) is 5.62. The number of benzene rings is 1. The van der Waals surface area contributed by atoms with Crippen LogP contribution in [0.25, 0.3) is 0 Å². The molecule has 0 amide bonds. The number of pyridine rings is 1. The number of hydrogen-bond acceptors (Lipinski definition) is 6. The Morgan fingerprint density at radius 3 is 2.96 bits per heavy atom. The molecule has 1 saturated heterocycles. The van der Waals surface area contributed by atoms with Gasteiger partial charge in [0.2, 0.25) is 0 Å². The lowest BCUT2D eigenvalue weighted by molar-refractivity contribution is 0.306. The maximum Gasteiger partial charge on any atom is 0.161 e. The Balaban J connectivity index is 1.76.